The summed E-state index contributed by atoms with van der Waals surface area (Å²) in [6.07, 6.45) is 0. The number of cyclic esters (lactones) is 4. The third-order valence-corrected chi connectivity index (χ3v) is 5.40. The van der Waals surface area contributed by atoms with Gasteiger partial charge in [0.05, 0.1) is 28.9 Å². The van der Waals surface area contributed by atoms with Gasteiger partial charge in [-0.1, -0.05) is 0 Å². The molecule has 2 aromatic rings. The molecular weight excluding hydrogens is 407 g/mol. The van der Waals surface area contributed by atoms with E-state index in [-0.39, 0.29) is 40.4 Å². The van der Waals surface area contributed by atoms with Gasteiger partial charge in [-0.05, 0) is 43.3 Å². The van der Waals surface area contributed by atoms with Crippen LogP contribution >= 0.6 is 7.82 Å². The third-order valence-electron chi connectivity index (χ3n) is 3.95. The number of fused-ring (bicyclic) bond motifs is 2. The Hall–Kier alpha value is -3.49. The second-order valence-corrected chi connectivity index (χ2v) is 7.33. The Morgan fingerprint density at radius 3 is 1.55 bits per heavy atom. The molecule has 2 aliphatic rings. The van der Waals surface area contributed by atoms with Crippen LogP contribution in [0.25, 0.3) is 0 Å². The van der Waals surface area contributed by atoms with Gasteiger partial charge in [0.2, 0.25) is 0 Å². The van der Waals surface area contributed by atoms with Gasteiger partial charge >= 0.3 is 31.7 Å². The van der Waals surface area contributed by atoms with Crippen molar-refractivity contribution < 1.29 is 46.8 Å². The van der Waals surface area contributed by atoms with Crippen molar-refractivity contribution in [1.82, 2.24) is 0 Å². The second kappa shape index (κ2) is 6.84. The van der Waals surface area contributed by atoms with E-state index < -0.39 is 31.7 Å². The average molecular weight is 418 g/mol. The molecule has 11 heteroatoms. The van der Waals surface area contributed by atoms with Crippen molar-refractivity contribution in [3.63, 3.8) is 0 Å². The van der Waals surface area contributed by atoms with Gasteiger partial charge in [-0.25, -0.2) is 23.7 Å². The molecule has 0 radical (unpaired) electrons. The lowest BCUT2D eigenvalue weighted by atomic mass is 10.1. The van der Waals surface area contributed by atoms with E-state index in [9.17, 15) is 23.7 Å². The summed E-state index contributed by atoms with van der Waals surface area (Å²) in [5.74, 6) is -3.43. The maximum atomic E-state index is 13.0. The number of carbonyl (C=O) groups excluding carboxylic acids is 4. The summed E-state index contributed by atoms with van der Waals surface area (Å²) in [5.41, 5.74) is 0.0105. The summed E-state index contributed by atoms with van der Waals surface area (Å²) < 4.78 is 37.8. The minimum Gasteiger partial charge on any atom is -0.395 e. The van der Waals surface area contributed by atoms with E-state index in [4.69, 9.17) is 13.6 Å². The first-order valence-electron chi connectivity index (χ1n) is 8.24. The fourth-order valence-electron chi connectivity index (χ4n) is 2.73. The molecule has 0 atom stereocenters. The van der Waals surface area contributed by atoms with Crippen molar-refractivity contribution in [2.45, 2.75) is 6.92 Å². The molecule has 0 amide bonds. The zero-order valence-corrected chi connectivity index (χ0v) is 15.6. The smallest absolute Gasteiger partial charge is 0.395 e. The molecule has 0 spiro atoms. The zero-order valence-electron chi connectivity index (χ0n) is 14.7. The van der Waals surface area contributed by atoms with E-state index in [1.807, 2.05) is 0 Å². The average Bonchev–Trinajstić information content (AvgIpc) is 3.10. The molecule has 0 saturated carbocycles. The predicted octanol–water partition coefficient (Wildman–Crippen LogP) is 2.91. The third kappa shape index (κ3) is 3.39. The van der Waals surface area contributed by atoms with Gasteiger partial charge in [-0.3, -0.25) is 4.52 Å². The quantitative estimate of drug-likeness (QED) is 0.392. The van der Waals surface area contributed by atoms with E-state index >= 15 is 0 Å². The van der Waals surface area contributed by atoms with E-state index in [0.29, 0.717) is 0 Å². The maximum Gasteiger partial charge on any atom is 0.587 e. The topological polar surface area (TPSA) is 132 Å². The molecule has 148 valence electrons. The molecule has 2 aliphatic heterocycles. The normalized spacial score (nSPS) is 14.9. The van der Waals surface area contributed by atoms with Crippen molar-refractivity contribution >= 4 is 31.7 Å². The van der Waals surface area contributed by atoms with Crippen LogP contribution in [-0.2, 0) is 18.6 Å². The number of phosphoric acid groups is 1. The molecule has 0 fully saturated rings. The van der Waals surface area contributed by atoms with Gasteiger partial charge in [-0.2, -0.15) is 0 Å². The van der Waals surface area contributed by atoms with Crippen LogP contribution in [-0.4, -0.2) is 30.5 Å². The first-order chi connectivity index (χ1) is 13.8. The molecule has 10 nitrogen and oxygen atoms in total. The van der Waals surface area contributed by atoms with E-state index in [2.05, 4.69) is 9.47 Å². The van der Waals surface area contributed by atoms with Crippen LogP contribution in [0, 0.1) is 0 Å². The minimum atomic E-state index is -4.26. The van der Waals surface area contributed by atoms with Gasteiger partial charge in [0.15, 0.2) is 0 Å². The van der Waals surface area contributed by atoms with Crippen LogP contribution in [0.15, 0.2) is 36.4 Å². The van der Waals surface area contributed by atoms with Crippen molar-refractivity contribution in [2.24, 2.45) is 0 Å². The van der Waals surface area contributed by atoms with E-state index in [1.54, 1.807) is 6.92 Å². The fourth-order valence-corrected chi connectivity index (χ4v) is 3.93. The van der Waals surface area contributed by atoms with Crippen molar-refractivity contribution in [1.29, 1.82) is 0 Å². The lowest BCUT2D eigenvalue weighted by Gasteiger charge is -2.18. The molecule has 4 rings (SSSR count). The van der Waals surface area contributed by atoms with Gasteiger partial charge in [0.1, 0.15) is 11.5 Å². The molecule has 0 N–H and O–H groups in total. The van der Waals surface area contributed by atoms with Crippen molar-refractivity contribution in [3.05, 3.63) is 58.7 Å². The molecule has 0 unspecified atom stereocenters. The van der Waals surface area contributed by atoms with Gasteiger partial charge in [0, 0.05) is 0 Å². The highest BCUT2D eigenvalue weighted by Crippen LogP contribution is 2.50. The molecular formula is C18H11O10P. The van der Waals surface area contributed by atoms with Gasteiger partial charge in [0.25, 0.3) is 0 Å². The molecule has 2 heterocycles. The molecule has 0 bridgehead atoms. The number of rotatable bonds is 6. The highest BCUT2D eigenvalue weighted by Gasteiger charge is 2.35. The van der Waals surface area contributed by atoms with Crippen LogP contribution < -0.4 is 9.05 Å². The summed E-state index contributed by atoms with van der Waals surface area (Å²) in [5, 5.41) is 0. The molecule has 2 aromatic carbocycles. The number of hydrogen-bond donors (Lipinski definition) is 0. The van der Waals surface area contributed by atoms with E-state index in [0.717, 1.165) is 0 Å². The highest BCUT2D eigenvalue weighted by molar-refractivity contribution is 7.49. The Balaban J connectivity index is 1.61. The largest absolute Gasteiger partial charge is 0.587 e. The molecule has 0 saturated heterocycles. The first-order valence-corrected chi connectivity index (χ1v) is 9.70. The number of benzene rings is 2. The molecule has 0 aromatic heterocycles. The van der Waals surface area contributed by atoms with Crippen molar-refractivity contribution in [3.8, 4) is 11.5 Å². The summed E-state index contributed by atoms with van der Waals surface area (Å²) in [6.45, 7) is 1.50. The van der Waals surface area contributed by atoms with Crippen LogP contribution in [0.5, 0.6) is 11.5 Å². The standard InChI is InChI=1S/C18H11O10P/c1-2-24-29(23,27-9-3-5-11-13(7-9)17(21)25-15(11)19)28-10-4-6-12-14(8-10)18(22)26-16(12)20/h3-8H,2H2,1H3. The Labute approximate surface area is 162 Å². The Bertz CT molecular complexity index is 1050. The number of hydrogen-bond acceptors (Lipinski definition) is 10. The van der Waals surface area contributed by atoms with Crippen LogP contribution in [0.1, 0.15) is 48.4 Å². The monoisotopic (exact) mass is 418 g/mol. The summed E-state index contributed by atoms with van der Waals surface area (Å²) in [6, 6.07) is 7.52. The minimum absolute atomic E-state index is 0.0469. The summed E-state index contributed by atoms with van der Waals surface area (Å²) >= 11 is 0. The predicted molar refractivity (Wildman–Crippen MR) is 92.9 cm³/mol. The van der Waals surface area contributed by atoms with Gasteiger partial charge < -0.3 is 18.5 Å². The SMILES string of the molecule is CCOP(=O)(Oc1ccc2c(c1)C(=O)OC2=O)Oc1ccc2c(c1)C(=O)OC2=O. The van der Waals surface area contributed by atoms with Crippen LogP contribution in [0.3, 0.4) is 0 Å². The van der Waals surface area contributed by atoms with Gasteiger partial charge in [-0.15, -0.1) is 0 Å². The van der Waals surface area contributed by atoms with Crippen LogP contribution in [0.4, 0.5) is 0 Å². The number of carbonyl (C=O) groups is 4. The molecule has 0 aliphatic carbocycles. The highest BCUT2D eigenvalue weighted by atomic mass is 31.2. The summed E-state index contributed by atoms with van der Waals surface area (Å²) in [4.78, 5) is 46.4. The van der Waals surface area contributed by atoms with Crippen molar-refractivity contribution in [2.75, 3.05) is 6.61 Å². The number of ether oxygens (including phenoxy) is 2. The number of phosphoric ester groups is 1. The second-order valence-electron chi connectivity index (χ2n) is 5.82. The summed E-state index contributed by atoms with van der Waals surface area (Å²) in [7, 11) is -4.26. The lowest BCUT2D eigenvalue weighted by Crippen LogP contribution is -2.06. The zero-order chi connectivity index (χ0) is 20.8. The number of esters is 4. The van der Waals surface area contributed by atoms with Crippen LogP contribution in [0.2, 0.25) is 0 Å². The first kappa shape index (κ1) is 18.9. The fraction of sp³-hybridized carbons (Fsp3) is 0.111. The Morgan fingerprint density at radius 2 is 1.14 bits per heavy atom. The Kier molecular flexibility index (Phi) is 4.45. The Morgan fingerprint density at radius 1 is 0.724 bits per heavy atom. The lowest BCUT2D eigenvalue weighted by molar-refractivity contribution is 0.0425. The molecule has 29 heavy (non-hydrogen) atoms. The maximum absolute atomic E-state index is 13.0. The van der Waals surface area contributed by atoms with E-state index in [1.165, 1.54) is 36.4 Å².